The first kappa shape index (κ1) is 12.5. The molecule has 0 aromatic carbocycles. The Morgan fingerprint density at radius 3 is 3.24 bits per heavy atom. The van der Waals surface area contributed by atoms with Crippen molar-refractivity contribution in [3.05, 3.63) is 18.0 Å². The first-order chi connectivity index (χ1) is 8.31. The third-order valence-electron chi connectivity index (χ3n) is 3.05. The number of rotatable bonds is 3. The molecule has 1 aliphatic rings. The Kier molecular flexibility index (Phi) is 4.48. The van der Waals surface area contributed by atoms with Crippen molar-refractivity contribution in [3.8, 4) is 0 Å². The Labute approximate surface area is 106 Å². The van der Waals surface area contributed by atoms with Crippen LogP contribution in [0.15, 0.2) is 12.3 Å². The van der Waals surface area contributed by atoms with E-state index in [1.165, 1.54) is 12.8 Å². The van der Waals surface area contributed by atoms with Gasteiger partial charge in [-0.25, -0.2) is 0 Å². The molecule has 1 N–H and O–H groups in total. The zero-order valence-electron chi connectivity index (χ0n) is 10.2. The van der Waals surface area contributed by atoms with E-state index in [0.29, 0.717) is 10.9 Å². The maximum absolute atomic E-state index is 12.2. The number of aromatic nitrogens is 2. The molecule has 1 aliphatic heterocycles. The second-order valence-electron chi connectivity index (χ2n) is 4.29. The molecule has 17 heavy (non-hydrogen) atoms. The van der Waals surface area contributed by atoms with Gasteiger partial charge in [-0.3, -0.25) is 9.89 Å². The van der Waals surface area contributed by atoms with Gasteiger partial charge in [-0.2, -0.15) is 16.9 Å². The van der Waals surface area contributed by atoms with Gasteiger partial charge in [-0.1, -0.05) is 13.3 Å². The van der Waals surface area contributed by atoms with E-state index in [1.54, 1.807) is 12.3 Å². The lowest BCUT2D eigenvalue weighted by molar-refractivity contribution is 0.0757. The quantitative estimate of drug-likeness (QED) is 0.898. The molecule has 1 atom stereocenters. The first-order valence-corrected chi connectivity index (χ1v) is 7.26. The molecular formula is C12H19N3OS. The SMILES string of the molecule is CCSC1CCCCN(C(=O)c2ccn[nH]2)C1. The molecule has 5 heteroatoms. The average Bonchev–Trinajstić information content (AvgIpc) is 2.76. The highest BCUT2D eigenvalue weighted by molar-refractivity contribution is 7.99. The van der Waals surface area contributed by atoms with E-state index in [1.807, 2.05) is 16.7 Å². The van der Waals surface area contributed by atoms with Crippen LogP contribution in [0.3, 0.4) is 0 Å². The van der Waals surface area contributed by atoms with Crippen LogP contribution in [0, 0.1) is 0 Å². The van der Waals surface area contributed by atoms with Gasteiger partial charge in [0.1, 0.15) is 5.69 Å². The summed E-state index contributed by atoms with van der Waals surface area (Å²) in [5.41, 5.74) is 0.604. The number of amides is 1. The van der Waals surface area contributed by atoms with Gasteiger partial charge in [0.2, 0.25) is 0 Å². The lowest BCUT2D eigenvalue weighted by Gasteiger charge is -2.23. The van der Waals surface area contributed by atoms with Gasteiger partial charge in [-0.05, 0) is 24.7 Å². The Balaban J connectivity index is 2.01. The van der Waals surface area contributed by atoms with Crippen molar-refractivity contribution >= 4 is 17.7 Å². The fourth-order valence-corrected chi connectivity index (χ4v) is 3.29. The average molecular weight is 253 g/mol. The van der Waals surface area contributed by atoms with E-state index in [9.17, 15) is 4.79 Å². The number of aromatic amines is 1. The van der Waals surface area contributed by atoms with E-state index >= 15 is 0 Å². The summed E-state index contributed by atoms with van der Waals surface area (Å²) in [6.45, 7) is 3.92. The molecule has 94 valence electrons. The normalized spacial score (nSPS) is 21.2. The molecule has 1 saturated heterocycles. The number of nitrogens with zero attached hydrogens (tertiary/aromatic N) is 2. The minimum absolute atomic E-state index is 0.0890. The van der Waals surface area contributed by atoms with Gasteiger partial charge < -0.3 is 4.90 Å². The van der Waals surface area contributed by atoms with Crippen molar-refractivity contribution < 1.29 is 4.79 Å². The van der Waals surface area contributed by atoms with E-state index in [0.717, 1.165) is 25.3 Å². The van der Waals surface area contributed by atoms with Crippen molar-refractivity contribution in [1.29, 1.82) is 0 Å². The first-order valence-electron chi connectivity index (χ1n) is 6.21. The second-order valence-corrected chi connectivity index (χ2v) is 5.87. The Morgan fingerprint density at radius 2 is 2.53 bits per heavy atom. The fraction of sp³-hybridized carbons (Fsp3) is 0.667. The summed E-state index contributed by atoms with van der Waals surface area (Å²) in [7, 11) is 0. The van der Waals surface area contributed by atoms with E-state index in [2.05, 4.69) is 17.1 Å². The molecule has 2 rings (SSSR count). The smallest absolute Gasteiger partial charge is 0.271 e. The fourth-order valence-electron chi connectivity index (χ4n) is 2.20. The highest BCUT2D eigenvalue weighted by atomic mass is 32.2. The number of thioether (sulfide) groups is 1. The molecule has 0 saturated carbocycles. The molecule has 1 amide bonds. The van der Waals surface area contributed by atoms with Gasteiger partial charge in [-0.15, -0.1) is 0 Å². The molecule has 2 heterocycles. The van der Waals surface area contributed by atoms with Crippen molar-refractivity contribution in [2.24, 2.45) is 0 Å². The van der Waals surface area contributed by atoms with Crippen molar-refractivity contribution in [2.75, 3.05) is 18.8 Å². The molecule has 0 bridgehead atoms. The molecule has 0 aliphatic carbocycles. The molecule has 0 radical (unpaired) electrons. The standard InChI is InChI=1S/C12H19N3OS/c1-2-17-10-5-3-4-8-15(9-10)12(16)11-6-7-13-14-11/h6-7,10H,2-5,8-9H2,1H3,(H,13,14). The summed E-state index contributed by atoms with van der Waals surface area (Å²) in [5, 5.41) is 7.18. The van der Waals surface area contributed by atoms with Crippen LogP contribution >= 0.6 is 11.8 Å². The monoisotopic (exact) mass is 253 g/mol. The van der Waals surface area contributed by atoms with Gasteiger partial charge in [0, 0.05) is 24.5 Å². The molecule has 0 spiro atoms. The maximum Gasteiger partial charge on any atom is 0.271 e. The Bertz CT molecular complexity index is 353. The summed E-state index contributed by atoms with van der Waals surface area (Å²) in [4.78, 5) is 14.2. The number of carbonyl (C=O) groups is 1. The molecule has 1 aromatic heterocycles. The van der Waals surface area contributed by atoms with Crippen LogP contribution in [0.5, 0.6) is 0 Å². The molecular weight excluding hydrogens is 234 g/mol. The Hall–Kier alpha value is -0.970. The number of hydrogen-bond donors (Lipinski definition) is 1. The van der Waals surface area contributed by atoms with Crippen LogP contribution in [-0.2, 0) is 0 Å². The summed E-state index contributed by atoms with van der Waals surface area (Å²) in [6.07, 6.45) is 5.19. The number of hydrogen-bond acceptors (Lipinski definition) is 3. The summed E-state index contributed by atoms with van der Waals surface area (Å²) >= 11 is 1.96. The highest BCUT2D eigenvalue weighted by Crippen LogP contribution is 2.22. The molecule has 1 fully saturated rings. The topological polar surface area (TPSA) is 49.0 Å². The third kappa shape index (κ3) is 3.25. The number of nitrogens with one attached hydrogen (secondary N) is 1. The number of carbonyl (C=O) groups excluding carboxylic acids is 1. The predicted octanol–water partition coefficient (Wildman–Crippen LogP) is 2.16. The summed E-state index contributed by atoms with van der Waals surface area (Å²) in [6, 6.07) is 1.75. The largest absolute Gasteiger partial charge is 0.336 e. The van der Waals surface area contributed by atoms with Gasteiger partial charge in [0.15, 0.2) is 0 Å². The summed E-state index contributed by atoms with van der Waals surface area (Å²) in [5.74, 6) is 1.21. The van der Waals surface area contributed by atoms with Gasteiger partial charge in [0.05, 0.1) is 0 Å². The van der Waals surface area contributed by atoms with E-state index in [4.69, 9.17) is 0 Å². The molecule has 4 nitrogen and oxygen atoms in total. The van der Waals surface area contributed by atoms with Gasteiger partial charge >= 0.3 is 0 Å². The maximum atomic E-state index is 12.2. The van der Waals surface area contributed by atoms with Crippen LogP contribution in [0.1, 0.15) is 36.7 Å². The second kappa shape index (κ2) is 6.10. The highest BCUT2D eigenvalue weighted by Gasteiger charge is 2.23. The third-order valence-corrected chi connectivity index (χ3v) is 4.24. The zero-order valence-corrected chi connectivity index (χ0v) is 11.0. The van der Waals surface area contributed by atoms with Crippen molar-refractivity contribution in [3.63, 3.8) is 0 Å². The lowest BCUT2D eigenvalue weighted by Crippen LogP contribution is -2.35. The van der Waals surface area contributed by atoms with Crippen LogP contribution in [0.4, 0.5) is 0 Å². The minimum atomic E-state index is 0.0890. The molecule has 1 aromatic rings. The van der Waals surface area contributed by atoms with E-state index in [-0.39, 0.29) is 5.91 Å². The van der Waals surface area contributed by atoms with Crippen molar-refractivity contribution in [2.45, 2.75) is 31.4 Å². The van der Waals surface area contributed by atoms with Crippen LogP contribution in [0.2, 0.25) is 0 Å². The molecule has 1 unspecified atom stereocenters. The van der Waals surface area contributed by atoms with E-state index < -0.39 is 0 Å². The van der Waals surface area contributed by atoms with Crippen LogP contribution < -0.4 is 0 Å². The van der Waals surface area contributed by atoms with Crippen LogP contribution in [-0.4, -0.2) is 45.1 Å². The van der Waals surface area contributed by atoms with Crippen LogP contribution in [0.25, 0.3) is 0 Å². The minimum Gasteiger partial charge on any atom is -0.336 e. The zero-order chi connectivity index (χ0) is 12.1. The summed E-state index contributed by atoms with van der Waals surface area (Å²) < 4.78 is 0. The predicted molar refractivity (Wildman–Crippen MR) is 70.3 cm³/mol. The lowest BCUT2D eigenvalue weighted by atomic mass is 10.2. The van der Waals surface area contributed by atoms with Crippen molar-refractivity contribution in [1.82, 2.24) is 15.1 Å². The number of likely N-dealkylation sites (tertiary alicyclic amines) is 1. The van der Waals surface area contributed by atoms with Gasteiger partial charge in [0.25, 0.3) is 5.91 Å². The Morgan fingerprint density at radius 1 is 1.65 bits per heavy atom. The number of H-pyrrole nitrogens is 1.